The number of hydrogen-bond donors (Lipinski definition) is 5. The Morgan fingerprint density at radius 2 is 1.90 bits per heavy atom. The van der Waals surface area contributed by atoms with E-state index in [0.29, 0.717) is 61.4 Å². The van der Waals surface area contributed by atoms with E-state index in [1.165, 1.54) is 18.2 Å². The van der Waals surface area contributed by atoms with E-state index in [4.69, 9.17) is 24.4 Å². The molecule has 2 fully saturated rings. The third-order valence-electron chi connectivity index (χ3n) is 10.9. The van der Waals surface area contributed by atoms with E-state index in [9.17, 15) is 29.1 Å². The van der Waals surface area contributed by atoms with Crippen molar-refractivity contribution in [1.29, 1.82) is 0 Å². The van der Waals surface area contributed by atoms with Gasteiger partial charge < -0.3 is 39.7 Å². The molecule has 2 saturated heterocycles. The van der Waals surface area contributed by atoms with Crippen LogP contribution in [0.25, 0.3) is 22.2 Å². The van der Waals surface area contributed by atoms with Gasteiger partial charge in [0, 0.05) is 44.3 Å². The van der Waals surface area contributed by atoms with Crippen molar-refractivity contribution < 1.29 is 38.6 Å². The summed E-state index contributed by atoms with van der Waals surface area (Å²) in [6.45, 7) is 5.68. The number of nitrogens with zero attached hydrogens (tertiary/aromatic N) is 7. The molecule has 5 aromatic rings. The van der Waals surface area contributed by atoms with E-state index in [0.717, 1.165) is 47.4 Å². The molecular formula is C41H47N11O8. The minimum Gasteiger partial charge on any atom is -0.493 e. The van der Waals surface area contributed by atoms with E-state index in [1.807, 2.05) is 22.8 Å². The van der Waals surface area contributed by atoms with Crippen molar-refractivity contribution in [2.24, 2.45) is 0 Å². The van der Waals surface area contributed by atoms with Gasteiger partial charge in [0.2, 0.25) is 17.8 Å². The van der Waals surface area contributed by atoms with E-state index >= 15 is 0 Å². The molecule has 60 heavy (non-hydrogen) atoms. The maximum atomic E-state index is 13.3. The predicted molar refractivity (Wildman–Crippen MR) is 218 cm³/mol. The highest BCUT2D eigenvalue weighted by atomic mass is 16.5. The fourth-order valence-corrected chi connectivity index (χ4v) is 7.92. The predicted octanol–water partition coefficient (Wildman–Crippen LogP) is 3.00. The van der Waals surface area contributed by atoms with Gasteiger partial charge in [-0.15, -0.1) is 0 Å². The van der Waals surface area contributed by atoms with Crippen LogP contribution in [0, 0.1) is 0 Å². The fourth-order valence-electron chi connectivity index (χ4n) is 7.92. The van der Waals surface area contributed by atoms with Crippen molar-refractivity contribution in [1.82, 2.24) is 45.0 Å². The molecule has 0 radical (unpaired) electrons. The van der Waals surface area contributed by atoms with Crippen LogP contribution in [0.15, 0.2) is 42.7 Å². The van der Waals surface area contributed by atoms with Crippen molar-refractivity contribution in [3.8, 4) is 11.5 Å². The first kappa shape index (κ1) is 40.2. The molecule has 2 aromatic carbocycles. The zero-order valence-electron chi connectivity index (χ0n) is 33.4. The third-order valence-corrected chi connectivity index (χ3v) is 10.9. The second kappa shape index (κ2) is 17.3. The molecule has 0 spiro atoms. The Labute approximate surface area is 344 Å². The first-order valence-electron chi connectivity index (χ1n) is 20.3. The normalized spacial score (nSPS) is 18.1. The number of imidazole rings is 2. The van der Waals surface area contributed by atoms with Crippen molar-refractivity contribution in [2.45, 2.75) is 83.5 Å². The van der Waals surface area contributed by atoms with E-state index in [1.54, 1.807) is 6.33 Å². The maximum absolute atomic E-state index is 13.3. The van der Waals surface area contributed by atoms with Crippen LogP contribution in [-0.2, 0) is 20.9 Å². The van der Waals surface area contributed by atoms with Crippen molar-refractivity contribution >= 4 is 63.5 Å². The summed E-state index contributed by atoms with van der Waals surface area (Å²) in [7, 11) is 0. The molecule has 3 aliphatic heterocycles. The van der Waals surface area contributed by atoms with Gasteiger partial charge in [0.1, 0.15) is 23.4 Å². The molecule has 1 unspecified atom stereocenters. The summed E-state index contributed by atoms with van der Waals surface area (Å²) >= 11 is 0. The number of carbonyl (C=O) groups is 5. The summed E-state index contributed by atoms with van der Waals surface area (Å²) in [4.78, 5) is 88.7. The largest absolute Gasteiger partial charge is 0.493 e. The Morgan fingerprint density at radius 1 is 1.03 bits per heavy atom. The number of rotatable bonds is 16. The molecule has 0 saturated carbocycles. The smallest absolute Gasteiger partial charge is 0.266 e. The number of imide groups is 2. The monoisotopic (exact) mass is 821 g/mol. The van der Waals surface area contributed by atoms with Crippen LogP contribution >= 0.6 is 0 Å². The van der Waals surface area contributed by atoms with Crippen molar-refractivity contribution in [2.75, 3.05) is 43.1 Å². The van der Waals surface area contributed by atoms with Crippen LogP contribution in [0.2, 0.25) is 0 Å². The van der Waals surface area contributed by atoms with Gasteiger partial charge in [-0.25, -0.2) is 9.97 Å². The molecule has 5 amide bonds. The minimum atomic E-state index is -1.11. The zero-order valence-corrected chi connectivity index (χ0v) is 33.4. The lowest BCUT2D eigenvalue weighted by Crippen LogP contribution is -2.54. The first-order chi connectivity index (χ1) is 29.1. The number of H-pyrrole nitrogens is 1. The molecule has 6 heterocycles. The van der Waals surface area contributed by atoms with Crippen LogP contribution < -0.4 is 30.3 Å². The average Bonchev–Trinajstić information content (AvgIpc) is 3.93. The number of aliphatic hydroxyl groups is 1. The zero-order chi connectivity index (χ0) is 41.9. The molecule has 2 atom stereocenters. The van der Waals surface area contributed by atoms with Crippen LogP contribution in [0.4, 0.5) is 11.8 Å². The van der Waals surface area contributed by atoms with E-state index in [-0.39, 0.29) is 48.4 Å². The molecule has 0 aliphatic carbocycles. The maximum Gasteiger partial charge on any atom is 0.266 e. The number of piperidine rings is 2. The van der Waals surface area contributed by atoms with Gasteiger partial charge in [0.15, 0.2) is 23.6 Å². The lowest BCUT2D eigenvalue weighted by molar-refractivity contribution is -0.136. The second-order valence-electron chi connectivity index (χ2n) is 15.3. The lowest BCUT2D eigenvalue weighted by Gasteiger charge is -2.35. The highest BCUT2D eigenvalue weighted by Gasteiger charge is 2.46. The first-order valence-corrected chi connectivity index (χ1v) is 20.3. The van der Waals surface area contributed by atoms with E-state index < -0.39 is 42.2 Å². The summed E-state index contributed by atoms with van der Waals surface area (Å²) in [6, 6.07) is 9.26. The highest BCUT2D eigenvalue weighted by molar-refractivity contribution is 6.24. The summed E-state index contributed by atoms with van der Waals surface area (Å²) in [5.74, 6) is -0.368. The molecule has 5 N–H and O–H groups in total. The molecule has 19 nitrogen and oxygen atoms in total. The van der Waals surface area contributed by atoms with Gasteiger partial charge in [-0.2, -0.15) is 9.97 Å². The number of nitrogens with one attached hydrogen (secondary N) is 4. The number of carbonyl (C=O) groups excluding carboxylic acids is 5. The Morgan fingerprint density at radius 3 is 2.72 bits per heavy atom. The quantitative estimate of drug-likeness (QED) is 0.0711. The Kier molecular flexibility index (Phi) is 11.6. The number of anilines is 2. The molecular weight excluding hydrogens is 775 g/mol. The number of hydrogen-bond acceptors (Lipinski definition) is 14. The topological polar surface area (TPSA) is 239 Å². The molecule has 3 aliphatic rings. The Bertz CT molecular complexity index is 2460. The average molecular weight is 822 g/mol. The van der Waals surface area contributed by atoms with Crippen LogP contribution in [0.5, 0.6) is 11.5 Å². The molecule has 8 rings (SSSR count). The molecule has 314 valence electrons. The molecule has 19 heteroatoms. The number of aromatic amines is 1. The van der Waals surface area contributed by atoms with Gasteiger partial charge in [-0.1, -0.05) is 6.07 Å². The second-order valence-corrected chi connectivity index (χ2v) is 15.3. The van der Waals surface area contributed by atoms with Gasteiger partial charge in [-0.3, -0.25) is 34.2 Å². The number of ether oxygens (including phenoxy) is 2. The van der Waals surface area contributed by atoms with Crippen LogP contribution in [0.3, 0.4) is 0 Å². The standard InChI is InChI=1S/C41H47N11O8/c1-23(2)51-22-44-35-36(48-41(49-37(35)51)50-16-4-3-7-24(50)14-17-53)43-20-31-45-27-11-10-25(19-28(27)46-31)59-18-6-15-42-33(55)21-60-30-9-5-8-26-34(30)40(58)52(39(26)57)29-12-13-32(54)47-38(29)56/h5,8-11,19,22-24,29,53H,3-4,6-7,12-18,20-21H2,1-2H3,(H,42,55)(H,45,46)(H,43,48,49)(H,47,54,56)/t24-,29?/m0/s1. The minimum absolute atomic E-state index is 0.00803. The fraction of sp³-hybridized carbons (Fsp3) is 0.439. The number of benzene rings is 2. The van der Waals surface area contributed by atoms with Gasteiger partial charge in [0.25, 0.3) is 17.7 Å². The summed E-state index contributed by atoms with van der Waals surface area (Å²) in [5, 5.41) is 18.1. The number of aromatic nitrogens is 6. The highest BCUT2D eigenvalue weighted by Crippen LogP contribution is 2.34. The number of aliphatic hydroxyl groups excluding tert-OH is 1. The van der Waals surface area contributed by atoms with Crippen molar-refractivity contribution in [3.63, 3.8) is 0 Å². The van der Waals surface area contributed by atoms with E-state index in [2.05, 4.69) is 44.7 Å². The Balaban J connectivity index is 0.828. The molecule has 3 aromatic heterocycles. The number of amides is 5. The van der Waals surface area contributed by atoms with Gasteiger partial charge in [-0.05, 0) is 76.6 Å². The van der Waals surface area contributed by atoms with Crippen molar-refractivity contribution in [3.05, 3.63) is 59.7 Å². The molecule has 0 bridgehead atoms. The SMILES string of the molecule is CC(C)n1cnc2c(NCc3nc4ccc(OCCCNC(=O)COc5cccc6c5C(=O)N(C5CCC(=O)NC5=O)C6=O)cc4[nH]3)nc(N3CCCC[C@H]3CCO)nc21. The van der Waals surface area contributed by atoms with Gasteiger partial charge in [0.05, 0.1) is 41.6 Å². The third kappa shape index (κ3) is 8.16. The summed E-state index contributed by atoms with van der Waals surface area (Å²) in [6.07, 6.45) is 6.12. The summed E-state index contributed by atoms with van der Waals surface area (Å²) in [5.41, 5.74) is 3.02. The lowest BCUT2D eigenvalue weighted by atomic mass is 10.0. The van der Waals surface area contributed by atoms with Crippen LogP contribution in [0.1, 0.15) is 91.4 Å². The Hall–Kier alpha value is -6.63. The van der Waals surface area contributed by atoms with Crippen LogP contribution in [-0.4, -0.2) is 114 Å². The number of fused-ring (bicyclic) bond motifs is 3. The van der Waals surface area contributed by atoms with Gasteiger partial charge >= 0.3 is 0 Å². The summed E-state index contributed by atoms with van der Waals surface area (Å²) < 4.78 is 13.7.